The zero-order chi connectivity index (χ0) is 11.7. The Kier molecular flexibility index (Phi) is 2.26. The third-order valence-corrected chi connectivity index (χ3v) is 2.54. The van der Waals surface area contributed by atoms with Crippen LogP contribution in [0.15, 0.2) is 53.4 Å². The summed E-state index contributed by atoms with van der Waals surface area (Å²) >= 11 is 0. The Morgan fingerprint density at radius 1 is 1.12 bits per heavy atom. The minimum absolute atomic E-state index is 0.764. The number of benzene rings is 1. The lowest BCUT2D eigenvalue weighted by molar-refractivity contribution is 0.582. The number of aryl methyl sites for hydroxylation is 1. The lowest BCUT2D eigenvalue weighted by Gasteiger charge is -2.01. The molecule has 0 spiro atoms. The van der Waals surface area contributed by atoms with Crippen molar-refractivity contribution in [2.75, 3.05) is 0 Å². The van der Waals surface area contributed by atoms with E-state index in [9.17, 15) is 0 Å². The van der Waals surface area contributed by atoms with Crippen molar-refractivity contribution in [1.29, 1.82) is 0 Å². The fourth-order valence-electron chi connectivity index (χ4n) is 1.69. The predicted octanol–water partition coefficient (Wildman–Crippen LogP) is 2.84. The summed E-state index contributed by atoms with van der Waals surface area (Å²) in [4.78, 5) is 4.10. The predicted molar refractivity (Wildman–Crippen MR) is 63.8 cm³/mol. The Balaban J connectivity index is 1.95. The third kappa shape index (κ3) is 1.85. The van der Waals surface area contributed by atoms with Gasteiger partial charge in [0.05, 0.1) is 12.0 Å². The standard InChI is InChI=1S/C13H11N3O/c1-10-14-9-16(15-10)12-6-4-11(5-7-12)13-3-2-8-17-13/h2-9H,1H3. The second-order valence-corrected chi connectivity index (χ2v) is 3.76. The molecule has 0 unspecified atom stereocenters. The average molecular weight is 225 g/mol. The van der Waals surface area contributed by atoms with E-state index in [1.54, 1.807) is 17.3 Å². The number of hydrogen-bond donors (Lipinski definition) is 0. The van der Waals surface area contributed by atoms with E-state index in [1.807, 2.05) is 43.3 Å². The fourth-order valence-corrected chi connectivity index (χ4v) is 1.69. The molecular weight excluding hydrogens is 214 g/mol. The third-order valence-electron chi connectivity index (χ3n) is 2.54. The van der Waals surface area contributed by atoms with Gasteiger partial charge in [0.15, 0.2) is 0 Å². The van der Waals surface area contributed by atoms with E-state index in [2.05, 4.69) is 10.1 Å². The van der Waals surface area contributed by atoms with E-state index in [0.29, 0.717) is 0 Å². The Labute approximate surface area is 98.5 Å². The molecule has 2 aromatic heterocycles. The van der Waals surface area contributed by atoms with Crippen molar-refractivity contribution in [3.8, 4) is 17.0 Å². The maximum atomic E-state index is 5.33. The van der Waals surface area contributed by atoms with Crippen LogP contribution in [0.5, 0.6) is 0 Å². The molecule has 0 atom stereocenters. The number of hydrogen-bond acceptors (Lipinski definition) is 3. The van der Waals surface area contributed by atoms with E-state index in [-0.39, 0.29) is 0 Å². The van der Waals surface area contributed by atoms with Gasteiger partial charge in [-0.1, -0.05) is 0 Å². The van der Waals surface area contributed by atoms with Gasteiger partial charge in [-0.3, -0.25) is 0 Å². The number of aromatic nitrogens is 3. The fraction of sp³-hybridized carbons (Fsp3) is 0.0769. The first-order valence-electron chi connectivity index (χ1n) is 5.35. The van der Waals surface area contributed by atoms with E-state index in [4.69, 9.17) is 4.42 Å². The van der Waals surface area contributed by atoms with Gasteiger partial charge in [0.1, 0.15) is 17.9 Å². The first kappa shape index (κ1) is 9.84. The van der Waals surface area contributed by atoms with Crippen LogP contribution in [-0.2, 0) is 0 Å². The molecule has 4 nitrogen and oxygen atoms in total. The van der Waals surface area contributed by atoms with E-state index < -0.39 is 0 Å². The summed E-state index contributed by atoms with van der Waals surface area (Å²) < 4.78 is 7.09. The van der Waals surface area contributed by atoms with Gasteiger partial charge in [-0.15, -0.1) is 0 Å². The molecule has 2 heterocycles. The van der Waals surface area contributed by atoms with Gasteiger partial charge < -0.3 is 4.42 Å². The average Bonchev–Trinajstić information content (AvgIpc) is 3.00. The largest absolute Gasteiger partial charge is 0.464 e. The van der Waals surface area contributed by atoms with E-state index in [0.717, 1.165) is 22.8 Å². The summed E-state index contributed by atoms with van der Waals surface area (Å²) in [6.45, 7) is 1.87. The van der Waals surface area contributed by atoms with Gasteiger partial charge in [0, 0.05) is 5.56 Å². The van der Waals surface area contributed by atoms with Crippen LogP contribution >= 0.6 is 0 Å². The first-order chi connectivity index (χ1) is 8.33. The maximum Gasteiger partial charge on any atom is 0.147 e. The molecular formula is C13H11N3O. The van der Waals surface area contributed by atoms with Gasteiger partial charge in [-0.05, 0) is 43.3 Å². The molecule has 0 aliphatic carbocycles. The molecule has 84 valence electrons. The first-order valence-corrected chi connectivity index (χ1v) is 5.35. The van der Waals surface area contributed by atoms with E-state index in [1.165, 1.54) is 0 Å². The molecule has 3 rings (SSSR count). The highest BCUT2D eigenvalue weighted by molar-refractivity contribution is 5.58. The van der Waals surface area contributed by atoms with Crippen molar-refractivity contribution in [3.05, 3.63) is 54.8 Å². The highest BCUT2D eigenvalue weighted by atomic mass is 16.3. The van der Waals surface area contributed by atoms with Crippen molar-refractivity contribution in [2.45, 2.75) is 6.92 Å². The quantitative estimate of drug-likeness (QED) is 0.673. The highest BCUT2D eigenvalue weighted by Crippen LogP contribution is 2.20. The zero-order valence-electron chi connectivity index (χ0n) is 9.37. The van der Waals surface area contributed by atoms with Crippen LogP contribution in [-0.4, -0.2) is 14.8 Å². The number of furan rings is 1. The molecule has 0 bridgehead atoms. The summed E-state index contributed by atoms with van der Waals surface area (Å²) in [5, 5.41) is 4.26. The van der Waals surface area contributed by atoms with Crippen LogP contribution in [0.25, 0.3) is 17.0 Å². The molecule has 0 aliphatic rings. The molecule has 0 N–H and O–H groups in total. The van der Waals surface area contributed by atoms with Gasteiger partial charge in [-0.2, -0.15) is 5.10 Å². The SMILES string of the molecule is Cc1ncn(-c2ccc(-c3ccco3)cc2)n1. The summed E-state index contributed by atoms with van der Waals surface area (Å²) in [5.74, 6) is 1.63. The minimum atomic E-state index is 0.764. The second kappa shape index (κ2) is 3.90. The van der Waals surface area contributed by atoms with Crippen LogP contribution < -0.4 is 0 Å². The molecule has 3 aromatic rings. The van der Waals surface area contributed by atoms with E-state index >= 15 is 0 Å². The number of rotatable bonds is 2. The lowest BCUT2D eigenvalue weighted by atomic mass is 10.1. The molecule has 0 saturated carbocycles. The van der Waals surface area contributed by atoms with Gasteiger partial charge in [0.2, 0.25) is 0 Å². The highest BCUT2D eigenvalue weighted by Gasteiger charge is 2.02. The van der Waals surface area contributed by atoms with Crippen molar-refractivity contribution < 1.29 is 4.42 Å². The minimum Gasteiger partial charge on any atom is -0.464 e. The molecule has 4 heteroatoms. The summed E-state index contributed by atoms with van der Waals surface area (Å²) in [7, 11) is 0. The Hall–Kier alpha value is -2.36. The molecule has 1 aromatic carbocycles. The van der Waals surface area contributed by atoms with Gasteiger partial charge in [-0.25, -0.2) is 9.67 Å². The monoisotopic (exact) mass is 225 g/mol. The Morgan fingerprint density at radius 3 is 2.53 bits per heavy atom. The van der Waals surface area contributed by atoms with Crippen molar-refractivity contribution in [1.82, 2.24) is 14.8 Å². The molecule has 17 heavy (non-hydrogen) atoms. The van der Waals surface area contributed by atoms with Crippen molar-refractivity contribution in [2.24, 2.45) is 0 Å². The molecule has 0 radical (unpaired) electrons. The van der Waals surface area contributed by atoms with Crippen LogP contribution in [0.2, 0.25) is 0 Å². The van der Waals surface area contributed by atoms with Crippen molar-refractivity contribution >= 4 is 0 Å². The van der Waals surface area contributed by atoms with Crippen LogP contribution in [0.1, 0.15) is 5.82 Å². The number of nitrogens with zero attached hydrogens (tertiary/aromatic N) is 3. The topological polar surface area (TPSA) is 43.9 Å². The molecule has 0 amide bonds. The zero-order valence-corrected chi connectivity index (χ0v) is 9.37. The molecule has 0 saturated heterocycles. The molecule has 0 aliphatic heterocycles. The van der Waals surface area contributed by atoms with Crippen LogP contribution in [0, 0.1) is 6.92 Å². The van der Waals surface area contributed by atoms with Crippen molar-refractivity contribution in [3.63, 3.8) is 0 Å². The van der Waals surface area contributed by atoms with Gasteiger partial charge in [0.25, 0.3) is 0 Å². The Morgan fingerprint density at radius 2 is 1.94 bits per heavy atom. The summed E-state index contributed by atoms with van der Waals surface area (Å²) in [6.07, 6.45) is 3.38. The summed E-state index contributed by atoms with van der Waals surface area (Å²) in [5.41, 5.74) is 2.04. The second-order valence-electron chi connectivity index (χ2n) is 3.76. The lowest BCUT2D eigenvalue weighted by Crippen LogP contribution is -1.94. The van der Waals surface area contributed by atoms with Gasteiger partial charge >= 0.3 is 0 Å². The smallest absolute Gasteiger partial charge is 0.147 e. The normalized spacial score (nSPS) is 10.6. The van der Waals surface area contributed by atoms with Crippen LogP contribution in [0.3, 0.4) is 0 Å². The van der Waals surface area contributed by atoms with Crippen LogP contribution in [0.4, 0.5) is 0 Å². The Bertz CT molecular complexity index is 608. The maximum absolute atomic E-state index is 5.33. The summed E-state index contributed by atoms with van der Waals surface area (Å²) in [6, 6.07) is 11.8. The molecule has 0 fully saturated rings.